The van der Waals surface area contributed by atoms with E-state index < -0.39 is 0 Å². The van der Waals surface area contributed by atoms with Gasteiger partial charge in [-0.15, -0.1) is 0 Å². The van der Waals surface area contributed by atoms with Crippen LogP contribution in [0.4, 0.5) is 0 Å². The molecule has 29 heavy (non-hydrogen) atoms. The van der Waals surface area contributed by atoms with Crippen LogP contribution in [-0.2, 0) is 13.1 Å². The lowest BCUT2D eigenvalue weighted by Crippen LogP contribution is -2.43. The Kier molecular flexibility index (Phi) is 6.35. The molecule has 1 N–H and O–H groups in total. The molecule has 0 saturated heterocycles. The summed E-state index contributed by atoms with van der Waals surface area (Å²) >= 11 is 0. The Labute approximate surface area is 173 Å². The molecule has 2 aliphatic rings. The molecule has 0 unspecified atom stereocenters. The van der Waals surface area contributed by atoms with Crippen molar-refractivity contribution in [1.82, 2.24) is 14.7 Å². The van der Waals surface area contributed by atoms with Gasteiger partial charge in [0.1, 0.15) is 25.0 Å². The van der Waals surface area contributed by atoms with E-state index in [4.69, 9.17) is 9.47 Å². The minimum absolute atomic E-state index is 0.0641. The fraction of sp³-hybridized carbons (Fsp3) is 0.478. The summed E-state index contributed by atoms with van der Waals surface area (Å²) in [6.07, 6.45) is 0. The maximum Gasteiger partial charge on any atom is 0.142 e. The van der Waals surface area contributed by atoms with E-state index in [9.17, 15) is 5.11 Å². The predicted molar refractivity (Wildman–Crippen MR) is 113 cm³/mol. The highest BCUT2D eigenvalue weighted by Gasteiger charge is 2.21. The zero-order valence-electron chi connectivity index (χ0n) is 17.4. The van der Waals surface area contributed by atoms with Crippen LogP contribution in [0.25, 0.3) is 0 Å². The van der Waals surface area contributed by atoms with Crippen molar-refractivity contribution in [1.29, 1.82) is 0 Å². The molecule has 6 heteroatoms. The molecule has 156 valence electrons. The number of ether oxygens (including phenoxy) is 2. The number of rotatable bonds is 7. The van der Waals surface area contributed by atoms with E-state index in [1.165, 1.54) is 22.3 Å². The lowest BCUT2D eigenvalue weighted by molar-refractivity contribution is 0.0393. The molecule has 2 heterocycles. The quantitative estimate of drug-likeness (QED) is 0.725. The van der Waals surface area contributed by atoms with Gasteiger partial charge in [0.2, 0.25) is 0 Å². The first-order valence-corrected chi connectivity index (χ1v) is 10.3. The van der Waals surface area contributed by atoms with Gasteiger partial charge >= 0.3 is 0 Å². The van der Waals surface area contributed by atoms with E-state index in [1.807, 2.05) is 24.3 Å². The van der Waals surface area contributed by atoms with Crippen LogP contribution in [-0.4, -0.2) is 66.2 Å². The second-order valence-corrected chi connectivity index (χ2v) is 8.01. The summed E-state index contributed by atoms with van der Waals surface area (Å²) in [6.45, 7) is 10.7. The summed E-state index contributed by atoms with van der Waals surface area (Å²) in [6, 6.07) is 12.4. The highest BCUT2D eigenvalue weighted by atomic mass is 16.5. The number of aliphatic hydroxyl groups is 1. The molecule has 0 aliphatic carbocycles. The van der Waals surface area contributed by atoms with Crippen molar-refractivity contribution in [3.8, 4) is 11.5 Å². The number of aryl methyl sites for hydroxylation is 2. The summed E-state index contributed by atoms with van der Waals surface area (Å²) in [4.78, 5) is 6.67. The van der Waals surface area contributed by atoms with Crippen LogP contribution in [0.3, 0.4) is 0 Å². The largest absolute Gasteiger partial charge is 0.478 e. The van der Waals surface area contributed by atoms with Gasteiger partial charge in [0.05, 0.1) is 6.73 Å². The van der Waals surface area contributed by atoms with Gasteiger partial charge in [-0.25, -0.2) is 0 Å². The van der Waals surface area contributed by atoms with E-state index in [0.717, 1.165) is 50.8 Å². The Hall–Kier alpha value is -2.12. The molecule has 2 aliphatic heterocycles. The van der Waals surface area contributed by atoms with Crippen LogP contribution in [0.2, 0.25) is 0 Å². The van der Waals surface area contributed by atoms with Gasteiger partial charge in [-0.2, -0.15) is 0 Å². The first-order valence-electron chi connectivity index (χ1n) is 10.3. The zero-order valence-corrected chi connectivity index (χ0v) is 17.4. The van der Waals surface area contributed by atoms with E-state index in [-0.39, 0.29) is 6.73 Å². The number of aliphatic hydroxyl groups excluding tert-OH is 1. The van der Waals surface area contributed by atoms with E-state index in [0.29, 0.717) is 13.5 Å². The van der Waals surface area contributed by atoms with E-state index in [1.54, 1.807) is 0 Å². The van der Waals surface area contributed by atoms with Gasteiger partial charge in [0, 0.05) is 50.4 Å². The standard InChI is InChI=1S/C23H31N3O3/c1-18-5-3-7-22-20(18)13-25(16-28-22)11-9-24(15-27)10-12-26-14-21-19(2)6-4-8-23(21)29-17-26/h3-8,27H,9-17H2,1-2H3. The van der Waals surface area contributed by atoms with Crippen molar-refractivity contribution >= 4 is 0 Å². The second-order valence-electron chi connectivity index (χ2n) is 8.01. The molecule has 0 radical (unpaired) electrons. The summed E-state index contributed by atoms with van der Waals surface area (Å²) in [5, 5.41) is 9.82. The van der Waals surface area contributed by atoms with Gasteiger partial charge in [-0.1, -0.05) is 24.3 Å². The molecule has 0 atom stereocenters. The van der Waals surface area contributed by atoms with Gasteiger partial charge < -0.3 is 14.6 Å². The van der Waals surface area contributed by atoms with Gasteiger partial charge in [-0.05, 0) is 37.1 Å². The Bertz CT molecular complexity index is 775. The van der Waals surface area contributed by atoms with Crippen molar-refractivity contribution < 1.29 is 14.6 Å². The minimum atomic E-state index is 0.0641. The lowest BCUT2D eigenvalue weighted by Gasteiger charge is -2.33. The molecule has 2 aromatic rings. The average Bonchev–Trinajstić information content (AvgIpc) is 2.75. The lowest BCUT2D eigenvalue weighted by atomic mass is 10.1. The number of benzene rings is 2. The molecular weight excluding hydrogens is 366 g/mol. The molecule has 0 fully saturated rings. The topological polar surface area (TPSA) is 48.4 Å². The molecule has 4 rings (SSSR count). The molecular formula is C23H31N3O3. The van der Waals surface area contributed by atoms with Crippen LogP contribution in [0.1, 0.15) is 22.3 Å². The normalized spacial score (nSPS) is 16.8. The van der Waals surface area contributed by atoms with Crippen molar-refractivity contribution in [3.63, 3.8) is 0 Å². The number of nitrogens with zero attached hydrogens (tertiary/aromatic N) is 3. The Balaban J connectivity index is 1.25. The molecule has 0 aromatic heterocycles. The van der Waals surface area contributed by atoms with E-state index in [2.05, 4.69) is 40.7 Å². The predicted octanol–water partition coefficient (Wildman–Crippen LogP) is 2.56. The Morgan fingerprint density at radius 1 is 0.828 bits per heavy atom. The fourth-order valence-corrected chi connectivity index (χ4v) is 3.99. The minimum Gasteiger partial charge on any atom is -0.478 e. The Morgan fingerprint density at radius 3 is 1.76 bits per heavy atom. The maximum absolute atomic E-state index is 9.82. The monoisotopic (exact) mass is 397 g/mol. The van der Waals surface area contributed by atoms with Crippen LogP contribution in [0.5, 0.6) is 11.5 Å². The summed E-state index contributed by atoms with van der Waals surface area (Å²) in [5.41, 5.74) is 5.08. The molecule has 0 bridgehead atoms. The van der Waals surface area contributed by atoms with Crippen LogP contribution in [0, 0.1) is 13.8 Å². The maximum atomic E-state index is 9.82. The first-order chi connectivity index (χ1) is 14.1. The molecule has 0 spiro atoms. The SMILES string of the molecule is Cc1cccc2c1CN(CCN(CO)CCN1COc3cccc(C)c3C1)CO2. The summed E-state index contributed by atoms with van der Waals surface area (Å²) in [5.74, 6) is 2.00. The molecule has 6 nitrogen and oxygen atoms in total. The third-order valence-electron chi connectivity index (χ3n) is 5.97. The van der Waals surface area contributed by atoms with E-state index >= 15 is 0 Å². The Morgan fingerprint density at radius 2 is 1.31 bits per heavy atom. The first kappa shape index (κ1) is 20.2. The average molecular weight is 398 g/mol. The second kappa shape index (κ2) is 9.13. The number of hydrogen-bond donors (Lipinski definition) is 1. The zero-order chi connectivity index (χ0) is 20.2. The van der Waals surface area contributed by atoms with Gasteiger partial charge in [0.15, 0.2) is 0 Å². The van der Waals surface area contributed by atoms with Crippen molar-refractivity contribution in [3.05, 3.63) is 58.7 Å². The molecule has 0 amide bonds. The number of fused-ring (bicyclic) bond motifs is 2. The number of hydrogen-bond acceptors (Lipinski definition) is 6. The smallest absolute Gasteiger partial charge is 0.142 e. The van der Waals surface area contributed by atoms with Gasteiger partial charge in [-0.3, -0.25) is 14.7 Å². The fourth-order valence-electron chi connectivity index (χ4n) is 3.99. The van der Waals surface area contributed by atoms with Gasteiger partial charge in [0.25, 0.3) is 0 Å². The van der Waals surface area contributed by atoms with Crippen molar-refractivity contribution in [2.45, 2.75) is 26.9 Å². The van der Waals surface area contributed by atoms with Crippen molar-refractivity contribution in [2.24, 2.45) is 0 Å². The van der Waals surface area contributed by atoms with Crippen LogP contribution in [0.15, 0.2) is 36.4 Å². The molecule has 2 aromatic carbocycles. The third kappa shape index (κ3) is 4.73. The third-order valence-corrected chi connectivity index (χ3v) is 5.97. The summed E-state index contributed by atoms with van der Waals surface area (Å²) < 4.78 is 11.8. The van der Waals surface area contributed by atoms with Crippen molar-refractivity contribution in [2.75, 3.05) is 46.4 Å². The van der Waals surface area contributed by atoms with Crippen LogP contribution < -0.4 is 9.47 Å². The van der Waals surface area contributed by atoms with Crippen LogP contribution >= 0.6 is 0 Å². The highest BCUT2D eigenvalue weighted by Crippen LogP contribution is 2.28. The molecule has 0 saturated carbocycles. The summed E-state index contributed by atoms with van der Waals surface area (Å²) in [7, 11) is 0. The highest BCUT2D eigenvalue weighted by molar-refractivity contribution is 5.41.